The highest BCUT2D eigenvalue weighted by Crippen LogP contribution is 2.31. The highest BCUT2D eigenvalue weighted by molar-refractivity contribution is 6.31. The first-order valence-electron chi connectivity index (χ1n) is 16.1. The Morgan fingerprint density at radius 1 is 0.771 bits per heavy atom. The lowest BCUT2D eigenvalue weighted by Gasteiger charge is -2.48. The molecule has 0 spiro atoms. The molecular formula is C38H42ClN3O6. The van der Waals surface area contributed by atoms with Crippen molar-refractivity contribution in [3.8, 4) is 5.75 Å². The van der Waals surface area contributed by atoms with Crippen molar-refractivity contribution in [2.24, 2.45) is 0 Å². The summed E-state index contributed by atoms with van der Waals surface area (Å²) < 4.78 is 25.1. The fourth-order valence-electron chi connectivity index (χ4n) is 5.77. The van der Waals surface area contributed by atoms with Crippen LogP contribution in [-0.4, -0.2) is 61.4 Å². The van der Waals surface area contributed by atoms with Gasteiger partial charge >= 0.3 is 6.03 Å². The number of hydrogen-bond donors (Lipinski definition) is 2. The van der Waals surface area contributed by atoms with Gasteiger partial charge < -0.3 is 34.5 Å². The zero-order chi connectivity index (χ0) is 33.7. The molecule has 0 aromatic heterocycles. The molecule has 252 valence electrons. The van der Waals surface area contributed by atoms with Crippen molar-refractivity contribution in [2.75, 3.05) is 25.5 Å². The fraction of sp³-hybridized carbons (Fsp3) is 0.316. The van der Waals surface area contributed by atoms with Crippen LogP contribution in [0.1, 0.15) is 30.0 Å². The first kappa shape index (κ1) is 34.9. The number of hydrogen-bond acceptors (Lipinski definition) is 6. The van der Waals surface area contributed by atoms with Crippen molar-refractivity contribution in [3.63, 3.8) is 0 Å². The summed E-state index contributed by atoms with van der Waals surface area (Å²) in [7, 11) is 1.52. The van der Waals surface area contributed by atoms with Gasteiger partial charge in [0.25, 0.3) is 5.91 Å². The molecule has 1 aliphatic rings. The minimum Gasteiger partial charge on any atom is -0.495 e. The SMILES string of the molecule is CCCN1C(=O)[C@H](OCc2ccccc2)[C@H](OCc2ccccc2)[C@H](OCc2ccccc2)[C@H]1CNC(=O)Nc1cc(Cl)ccc1OC. The fourth-order valence-corrected chi connectivity index (χ4v) is 5.94. The van der Waals surface area contributed by atoms with E-state index in [-0.39, 0.29) is 32.3 Å². The van der Waals surface area contributed by atoms with Crippen molar-refractivity contribution in [2.45, 2.75) is 57.5 Å². The van der Waals surface area contributed by atoms with Gasteiger partial charge in [0.05, 0.1) is 38.7 Å². The number of amides is 3. The Balaban J connectivity index is 1.44. The molecule has 4 aromatic carbocycles. The highest BCUT2D eigenvalue weighted by atomic mass is 35.5. The monoisotopic (exact) mass is 671 g/mol. The van der Waals surface area contributed by atoms with Crippen LogP contribution in [-0.2, 0) is 38.8 Å². The standard InChI is InChI=1S/C38H42ClN3O6/c1-3-21-42-32(23-40-38(44)41-31-22-30(39)19-20-33(31)45-2)34(46-24-27-13-7-4-8-14-27)35(47-25-28-15-9-5-10-16-28)36(37(42)43)48-26-29-17-11-6-12-18-29/h4-20,22,32,34-36H,3,21,23-26H2,1-2H3,(H2,40,41,44)/t32-,34-,35-,36-/m1/s1. The number of carbonyl (C=O) groups is 2. The summed E-state index contributed by atoms with van der Waals surface area (Å²) in [6.07, 6.45) is -1.68. The van der Waals surface area contributed by atoms with Gasteiger partial charge in [-0.05, 0) is 41.3 Å². The lowest BCUT2D eigenvalue weighted by Crippen LogP contribution is -2.68. The van der Waals surface area contributed by atoms with E-state index >= 15 is 0 Å². The van der Waals surface area contributed by atoms with Crippen LogP contribution in [0.2, 0.25) is 5.02 Å². The summed E-state index contributed by atoms with van der Waals surface area (Å²) >= 11 is 6.19. The number of likely N-dealkylation sites (tertiary alicyclic amines) is 1. The largest absolute Gasteiger partial charge is 0.495 e. The van der Waals surface area contributed by atoms with Gasteiger partial charge in [-0.1, -0.05) is 110 Å². The number of benzene rings is 4. The number of halogens is 1. The molecule has 48 heavy (non-hydrogen) atoms. The zero-order valence-electron chi connectivity index (χ0n) is 27.2. The number of anilines is 1. The number of carbonyl (C=O) groups excluding carboxylic acids is 2. The first-order valence-corrected chi connectivity index (χ1v) is 16.5. The van der Waals surface area contributed by atoms with Crippen molar-refractivity contribution < 1.29 is 28.5 Å². The summed E-state index contributed by atoms with van der Waals surface area (Å²) in [5.41, 5.74) is 3.28. The van der Waals surface area contributed by atoms with E-state index < -0.39 is 30.4 Å². The Morgan fingerprint density at radius 2 is 1.31 bits per heavy atom. The van der Waals surface area contributed by atoms with Gasteiger partial charge in [0.1, 0.15) is 18.0 Å². The minimum absolute atomic E-state index is 0.0938. The maximum Gasteiger partial charge on any atom is 0.319 e. The molecule has 10 heteroatoms. The van der Waals surface area contributed by atoms with Crippen molar-refractivity contribution in [1.82, 2.24) is 10.2 Å². The van der Waals surface area contributed by atoms with Gasteiger partial charge in [0.15, 0.2) is 6.10 Å². The number of piperidine rings is 1. The Labute approximate surface area is 287 Å². The van der Waals surface area contributed by atoms with Crippen molar-refractivity contribution in [1.29, 1.82) is 0 Å². The van der Waals surface area contributed by atoms with Crippen LogP contribution in [0.3, 0.4) is 0 Å². The summed E-state index contributed by atoms with van der Waals surface area (Å²) in [4.78, 5) is 29.4. The van der Waals surface area contributed by atoms with E-state index in [0.29, 0.717) is 29.4 Å². The third-order valence-corrected chi connectivity index (χ3v) is 8.35. The maximum absolute atomic E-state index is 14.4. The maximum atomic E-state index is 14.4. The second-order valence-corrected chi connectivity index (χ2v) is 12.0. The number of urea groups is 1. The number of ether oxygens (including phenoxy) is 4. The van der Waals surface area contributed by atoms with Gasteiger partial charge in [0, 0.05) is 18.1 Å². The van der Waals surface area contributed by atoms with E-state index in [4.69, 9.17) is 30.5 Å². The van der Waals surface area contributed by atoms with Gasteiger partial charge in [-0.3, -0.25) is 4.79 Å². The molecule has 9 nitrogen and oxygen atoms in total. The van der Waals surface area contributed by atoms with Gasteiger partial charge in [-0.25, -0.2) is 4.79 Å². The average molecular weight is 672 g/mol. The summed E-state index contributed by atoms with van der Waals surface area (Å²) in [6, 6.07) is 33.3. The molecule has 3 amide bonds. The molecule has 1 heterocycles. The van der Waals surface area contributed by atoms with Crippen molar-refractivity contribution >= 4 is 29.2 Å². The zero-order valence-corrected chi connectivity index (χ0v) is 28.0. The molecule has 1 saturated heterocycles. The third-order valence-electron chi connectivity index (χ3n) is 8.12. The van der Waals surface area contributed by atoms with E-state index in [0.717, 1.165) is 16.7 Å². The van der Waals surface area contributed by atoms with Crippen LogP contribution >= 0.6 is 11.6 Å². The van der Waals surface area contributed by atoms with Crippen molar-refractivity contribution in [3.05, 3.63) is 131 Å². The van der Waals surface area contributed by atoms with Crippen LogP contribution in [0, 0.1) is 0 Å². The van der Waals surface area contributed by atoms with Crippen LogP contribution in [0.25, 0.3) is 0 Å². The second kappa shape index (κ2) is 17.7. The van der Waals surface area contributed by atoms with E-state index in [1.807, 2.05) is 97.9 Å². The lowest BCUT2D eigenvalue weighted by atomic mass is 9.91. The van der Waals surface area contributed by atoms with E-state index in [1.54, 1.807) is 23.1 Å². The summed E-state index contributed by atoms with van der Waals surface area (Å²) in [6.45, 7) is 3.29. The lowest BCUT2D eigenvalue weighted by molar-refractivity contribution is -0.208. The van der Waals surface area contributed by atoms with E-state index in [2.05, 4.69) is 10.6 Å². The quantitative estimate of drug-likeness (QED) is 0.144. The molecule has 4 atom stereocenters. The molecule has 0 unspecified atom stereocenters. The topological polar surface area (TPSA) is 98.4 Å². The Bertz CT molecular complexity index is 1590. The Kier molecular flexibility index (Phi) is 12.8. The molecule has 0 saturated carbocycles. The first-order chi connectivity index (χ1) is 23.5. The molecule has 0 bridgehead atoms. The molecule has 5 rings (SSSR count). The van der Waals surface area contributed by atoms with Gasteiger partial charge in [0.2, 0.25) is 0 Å². The summed E-state index contributed by atoms with van der Waals surface area (Å²) in [5, 5.41) is 6.23. The highest BCUT2D eigenvalue weighted by Gasteiger charge is 2.50. The average Bonchev–Trinajstić information content (AvgIpc) is 3.11. The molecule has 1 fully saturated rings. The normalized spacial score (nSPS) is 19.1. The molecule has 0 radical (unpaired) electrons. The second-order valence-electron chi connectivity index (χ2n) is 11.5. The van der Waals surface area contributed by atoms with Crippen LogP contribution in [0.5, 0.6) is 5.75 Å². The number of methoxy groups -OCH3 is 1. The molecule has 4 aromatic rings. The predicted molar refractivity (Wildman–Crippen MR) is 186 cm³/mol. The minimum atomic E-state index is -0.943. The van der Waals surface area contributed by atoms with E-state index in [1.165, 1.54) is 7.11 Å². The Hall–Kier alpha value is -4.41. The number of nitrogens with zero attached hydrogens (tertiary/aromatic N) is 1. The van der Waals surface area contributed by atoms with Gasteiger partial charge in [-0.15, -0.1) is 0 Å². The third kappa shape index (κ3) is 9.35. The summed E-state index contributed by atoms with van der Waals surface area (Å²) in [5.74, 6) is 0.251. The molecule has 1 aliphatic heterocycles. The Morgan fingerprint density at radius 3 is 1.85 bits per heavy atom. The predicted octanol–water partition coefficient (Wildman–Crippen LogP) is 6.85. The van der Waals surface area contributed by atoms with Crippen LogP contribution in [0.15, 0.2) is 109 Å². The molecular weight excluding hydrogens is 630 g/mol. The number of rotatable bonds is 15. The molecule has 0 aliphatic carbocycles. The smallest absolute Gasteiger partial charge is 0.319 e. The van der Waals surface area contributed by atoms with Crippen LogP contribution < -0.4 is 15.4 Å². The number of nitrogens with one attached hydrogen (secondary N) is 2. The van der Waals surface area contributed by atoms with Crippen LogP contribution in [0.4, 0.5) is 10.5 Å². The van der Waals surface area contributed by atoms with Gasteiger partial charge in [-0.2, -0.15) is 0 Å². The molecule has 2 N–H and O–H groups in total. The van der Waals surface area contributed by atoms with E-state index in [9.17, 15) is 9.59 Å².